The molecule has 0 atom stereocenters. The van der Waals surface area contributed by atoms with Crippen molar-refractivity contribution in [2.75, 3.05) is 11.9 Å². The van der Waals surface area contributed by atoms with Crippen LogP contribution >= 0.6 is 27.5 Å². The lowest BCUT2D eigenvalue weighted by Gasteiger charge is -2.09. The Bertz CT molecular complexity index is 514. The van der Waals surface area contributed by atoms with E-state index in [1.807, 2.05) is 18.2 Å². The maximum absolute atomic E-state index is 6.04. The van der Waals surface area contributed by atoms with Crippen molar-refractivity contribution in [1.29, 1.82) is 0 Å². The molecule has 0 radical (unpaired) electrons. The fourth-order valence-corrected chi connectivity index (χ4v) is 2.53. The largest absolute Gasteiger partial charge is 0.370 e. The first-order chi connectivity index (χ1) is 7.72. The first-order valence-corrected chi connectivity index (χ1v) is 6.37. The molecule has 84 valence electrons. The fourth-order valence-electron chi connectivity index (χ4n) is 1.59. The van der Waals surface area contributed by atoms with Gasteiger partial charge in [0, 0.05) is 33.0 Å². The van der Waals surface area contributed by atoms with Crippen molar-refractivity contribution in [3.05, 3.63) is 33.9 Å². The molecule has 16 heavy (non-hydrogen) atoms. The SMILES string of the molecule is CCCNc1nccc2c(Br)cc(Cl)cc12. The third-order valence-electron chi connectivity index (χ3n) is 2.34. The molecule has 2 rings (SSSR count). The zero-order valence-corrected chi connectivity index (χ0v) is 11.3. The van der Waals surface area contributed by atoms with Crippen LogP contribution < -0.4 is 5.32 Å². The summed E-state index contributed by atoms with van der Waals surface area (Å²) in [5, 5.41) is 6.19. The Morgan fingerprint density at radius 2 is 2.19 bits per heavy atom. The Hall–Kier alpha value is -0.800. The summed E-state index contributed by atoms with van der Waals surface area (Å²) in [5.41, 5.74) is 0. The van der Waals surface area contributed by atoms with E-state index >= 15 is 0 Å². The van der Waals surface area contributed by atoms with Gasteiger partial charge >= 0.3 is 0 Å². The van der Waals surface area contributed by atoms with Crippen LogP contribution in [0.2, 0.25) is 5.02 Å². The minimum Gasteiger partial charge on any atom is -0.370 e. The molecular weight excluding hydrogens is 288 g/mol. The van der Waals surface area contributed by atoms with E-state index in [0.29, 0.717) is 5.02 Å². The molecule has 1 heterocycles. The molecule has 0 saturated heterocycles. The van der Waals surface area contributed by atoms with Crippen molar-refractivity contribution in [2.24, 2.45) is 0 Å². The second-order valence-corrected chi connectivity index (χ2v) is 4.86. The minimum atomic E-state index is 0.715. The average Bonchev–Trinajstić information content (AvgIpc) is 2.26. The van der Waals surface area contributed by atoms with Crippen LogP contribution in [0.25, 0.3) is 10.8 Å². The van der Waals surface area contributed by atoms with Crippen molar-refractivity contribution in [3.8, 4) is 0 Å². The van der Waals surface area contributed by atoms with E-state index in [1.165, 1.54) is 0 Å². The van der Waals surface area contributed by atoms with Crippen LogP contribution in [0, 0.1) is 0 Å². The van der Waals surface area contributed by atoms with E-state index in [4.69, 9.17) is 11.6 Å². The predicted octanol–water partition coefficient (Wildman–Crippen LogP) is 4.47. The molecule has 1 aromatic heterocycles. The number of anilines is 1. The standard InChI is InChI=1S/C12H12BrClN2/c1-2-4-15-12-10-6-8(14)7-11(13)9(10)3-5-16-12/h3,5-7H,2,4H2,1H3,(H,15,16). The highest BCUT2D eigenvalue weighted by atomic mass is 79.9. The summed E-state index contributed by atoms with van der Waals surface area (Å²) in [5.74, 6) is 0.891. The number of pyridine rings is 1. The van der Waals surface area contributed by atoms with Gasteiger partial charge in [0.05, 0.1) is 0 Å². The lowest BCUT2D eigenvalue weighted by atomic mass is 10.1. The van der Waals surface area contributed by atoms with Gasteiger partial charge in [-0.15, -0.1) is 0 Å². The van der Waals surface area contributed by atoms with Crippen LogP contribution in [0.5, 0.6) is 0 Å². The highest BCUT2D eigenvalue weighted by molar-refractivity contribution is 9.10. The summed E-state index contributed by atoms with van der Waals surface area (Å²) >= 11 is 9.55. The summed E-state index contributed by atoms with van der Waals surface area (Å²) in [4.78, 5) is 4.34. The molecule has 0 aliphatic carbocycles. The van der Waals surface area contributed by atoms with Gasteiger partial charge in [-0.2, -0.15) is 0 Å². The summed E-state index contributed by atoms with van der Waals surface area (Å²) in [7, 11) is 0. The van der Waals surface area contributed by atoms with Crippen LogP contribution in [-0.4, -0.2) is 11.5 Å². The fraction of sp³-hybridized carbons (Fsp3) is 0.250. The molecule has 0 fully saturated rings. The highest BCUT2D eigenvalue weighted by Crippen LogP contribution is 2.31. The number of hydrogen-bond acceptors (Lipinski definition) is 2. The van der Waals surface area contributed by atoms with Crippen LogP contribution in [0.3, 0.4) is 0 Å². The number of fused-ring (bicyclic) bond motifs is 1. The van der Waals surface area contributed by atoms with Crippen molar-refractivity contribution in [1.82, 2.24) is 4.98 Å². The summed E-state index contributed by atoms with van der Waals surface area (Å²) in [6, 6.07) is 5.81. The van der Waals surface area contributed by atoms with Gasteiger partial charge in [-0.3, -0.25) is 0 Å². The van der Waals surface area contributed by atoms with Crippen molar-refractivity contribution < 1.29 is 0 Å². The molecule has 0 aliphatic heterocycles. The lowest BCUT2D eigenvalue weighted by Crippen LogP contribution is -2.02. The van der Waals surface area contributed by atoms with Gasteiger partial charge in [0.2, 0.25) is 0 Å². The summed E-state index contributed by atoms with van der Waals surface area (Å²) in [6.07, 6.45) is 2.87. The second-order valence-electron chi connectivity index (χ2n) is 3.57. The quantitative estimate of drug-likeness (QED) is 0.904. The van der Waals surface area contributed by atoms with Crippen molar-refractivity contribution in [2.45, 2.75) is 13.3 Å². The Morgan fingerprint density at radius 1 is 1.38 bits per heavy atom. The summed E-state index contributed by atoms with van der Waals surface area (Å²) < 4.78 is 0.997. The van der Waals surface area contributed by atoms with E-state index in [9.17, 15) is 0 Å². The van der Waals surface area contributed by atoms with Crippen LogP contribution in [0.15, 0.2) is 28.9 Å². The normalized spacial score (nSPS) is 10.7. The number of benzene rings is 1. The maximum Gasteiger partial charge on any atom is 0.133 e. The minimum absolute atomic E-state index is 0.715. The Kier molecular flexibility index (Phi) is 3.66. The van der Waals surface area contributed by atoms with E-state index in [-0.39, 0.29) is 0 Å². The molecule has 0 unspecified atom stereocenters. The number of aromatic nitrogens is 1. The zero-order valence-electron chi connectivity index (χ0n) is 8.93. The van der Waals surface area contributed by atoms with Crippen LogP contribution in [0.1, 0.15) is 13.3 Å². The highest BCUT2D eigenvalue weighted by Gasteiger charge is 2.05. The number of rotatable bonds is 3. The monoisotopic (exact) mass is 298 g/mol. The van der Waals surface area contributed by atoms with Gasteiger partial charge < -0.3 is 5.32 Å². The molecule has 0 amide bonds. The Balaban J connectivity index is 2.57. The third kappa shape index (κ3) is 2.30. The molecule has 2 aromatic rings. The lowest BCUT2D eigenvalue weighted by molar-refractivity contribution is 0.972. The van der Waals surface area contributed by atoms with E-state index in [0.717, 1.165) is 34.0 Å². The number of nitrogens with one attached hydrogen (secondary N) is 1. The molecule has 0 aliphatic rings. The first-order valence-electron chi connectivity index (χ1n) is 5.20. The van der Waals surface area contributed by atoms with Gasteiger partial charge in [0.1, 0.15) is 5.82 Å². The Morgan fingerprint density at radius 3 is 2.94 bits per heavy atom. The van der Waals surface area contributed by atoms with E-state index in [1.54, 1.807) is 6.20 Å². The number of hydrogen-bond donors (Lipinski definition) is 1. The summed E-state index contributed by atoms with van der Waals surface area (Å²) in [6.45, 7) is 3.04. The van der Waals surface area contributed by atoms with Gasteiger partial charge in [-0.25, -0.2) is 4.98 Å². The van der Waals surface area contributed by atoms with E-state index in [2.05, 4.69) is 33.2 Å². The van der Waals surface area contributed by atoms with Gasteiger partial charge in [0.25, 0.3) is 0 Å². The first kappa shape index (κ1) is 11.7. The topological polar surface area (TPSA) is 24.9 Å². The second kappa shape index (κ2) is 5.02. The van der Waals surface area contributed by atoms with Crippen molar-refractivity contribution in [3.63, 3.8) is 0 Å². The smallest absolute Gasteiger partial charge is 0.133 e. The van der Waals surface area contributed by atoms with Gasteiger partial charge in [-0.05, 0) is 24.6 Å². The van der Waals surface area contributed by atoms with Crippen LogP contribution in [-0.2, 0) is 0 Å². The maximum atomic E-state index is 6.04. The molecule has 0 spiro atoms. The third-order valence-corrected chi connectivity index (χ3v) is 3.21. The number of nitrogens with zero attached hydrogens (tertiary/aromatic N) is 1. The molecule has 1 N–H and O–H groups in total. The van der Waals surface area contributed by atoms with E-state index < -0.39 is 0 Å². The van der Waals surface area contributed by atoms with Gasteiger partial charge in [-0.1, -0.05) is 34.5 Å². The van der Waals surface area contributed by atoms with Gasteiger partial charge in [0.15, 0.2) is 0 Å². The molecule has 0 bridgehead atoms. The number of halogens is 2. The average molecular weight is 300 g/mol. The predicted molar refractivity (Wildman–Crippen MR) is 73.2 cm³/mol. The Labute approximate surface area is 108 Å². The molecular formula is C12H12BrClN2. The molecule has 2 nitrogen and oxygen atoms in total. The van der Waals surface area contributed by atoms with Crippen LogP contribution in [0.4, 0.5) is 5.82 Å². The molecule has 1 aromatic carbocycles. The van der Waals surface area contributed by atoms with Crippen molar-refractivity contribution >= 4 is 44.1 Å². The molecule has 4 heteroatoms. The molecule has 0 saturated carbocycles. The zero-order chi connectivity index (χ0) is 11.5.